The largest absolute Gasteiger partial charge is 0.356 e. The van der Waals surface area contributed by atoms with E-state index in [2.05, 4.69) is 43.0 Å². The molecule has 0 heterocycles. The molecule has 114 valence electrons. The van der Waals surface area contributed by atoms with Crippen molar-refractivity contribution in [3.05, 3.63) is 35.9 Å². The topological polar surface area (TPSA) is 47.7 Å². The van der Waals surface area contributed by atoms with Gasteiger partial charge in [-0.25, -0.2) is 0 Å². The van der Waals surface area contributed by atoms with Gasteiger partial charge in [-0.15, -0.1) is 0 Å². The van der Waals surface area contributed by atoms with E-state index >= 15 is 0 Å². The predicted octanol–water partition coefficient (Wildman–Crippen LogP) is 2.23. The van der Waals surface area contributed by atoms with Gasteiger partial charge >= 0.3 is 0 Å². The summed E-state index contributed by atoms with van der Waals surface area (Å²) >= 11 is 0. The van der Waals surface area contributed by atoms with Crippen molar-refractivity contribution in [3.8, 4) is 0 Å². The first kappa shape index (κ1) is 17.1. The van der Waals surface area contributed by atoms with Crippen LogP contribution in [0.2, 0.25) is 0 Å². The lowest BCUT2D eigenvalue weighted by molar-refractivity contribution is -0.129. The molecule has 0 bridgehead atoms. The van der Waals surface area contributed by atoms with Crippen LogP contribution >= 0.6 is 0 Å². The summed E-state index contributed by atoms with van der Waals surface area (Å²) in [5.41, 5.74) is 7.18. The average Bonchev–Trinajstić information content (AvgIpc) is 2.51. The molecule has 0 saturated carbocycles. The molecule has 0 aromatic heterocycles. The molecule has 0 spiro atoms. The summed E-state index contributed by atoms with van der Waals surface area (Å²) in [6, 6.07) is 10.5. The minimum atomic E-state index is -0.228. The minimum absolute atomic E-state index is 0.152. The van der Waals surface area contributed by atoms with Crippen molar-refractivity contribution >= 4 is 0 Å². The maximum absolute atomic E-state index is 6.04. The van der Waals surface area contributed by atoms with Crippen molar-refractivity contribution in [2.45, 2.75) is 38.6 Å². The third-order valence-electron chi connectivity index (χ3n) is 3.93. The van der Waals surface area contributed by atoms with Crippen LogP contribution in [0, 0.1) is 0 Å². The smallest absolute Gasteiger partial charge is 0.158 e. The number of ether oxygens (including phenoxy) is 2. The highest BCUT2D eigenvalue weighted by atomic mass is 16.7. The predicted molar refractivity (Wildman–Crippen MR) is 82.4 cm³/mol. The van der Waals surface area contributed by atoms with Gasteiger partial charge in [-0.1, -0.05) is 37.3 Å². The van der Waals surface area contributed by atoms with Gasteiger partial charge < -0.3 is 15.2 Å². The molecular weight excluding hydrogens is 252 g/mol. The monoisotopic (exact) mass is 280 g/mol. The standard InChI is InChI=1S/C16H28N2O2/c1-5-18(12-14-9-7-6-8-10-14)16(2,13-17)11-15(19-3)20-4/h6-10,15H,5,11-13,17H2,1-4H3. The summed E-state index contributed by atoms with van der Waals surface area (Å²) in [5.74, 6) is 0. The molecule has 1 atom stereocenters. The second-order valence-corrected chi connectivity index (χ2v) is 5.31. The Morgan fingerprint density at radius 3 is 2.25 bits per heavy atom. The minimum Gasteiger partial charge on any atom is -0.356 e. The summed E-state index contributed by atoms with van der Waals surface area (Å²) in [6.07, 6.45) is 0.519. The lowest BCUT2D eigenvalue weighted by Gasteiger charge is -2.41. The van der Waals surface area contributed by atoms with Crippen molar-refractivity contribution < 1.29 is 9.47 Å². The summed E-state index contributed by atoms with van der Waals surface area (Å²) < 4.78 is 10.7. The van der Waals surface area contributed by atoms with Crippen LogP contribution in [0.15, 0.2) is 30.3 Å². The molecular formula is C16H28N2O2. The second kappa shape index (κ2) is 8.37. The first-order valence-corrected chi connectivity index (χ1v) is 7.14. The van der Waals surface area contributed by atoms with Gasteiger partial charge in [0.1, 0.15) is 0 Å². The number of nitrogens with two attached hydrogens (primary N) is 1. The van der Waals surface area contributed by atoms with Crippen molar-refractivity contribution in [1.29, 1.82) is 0 Å². The average molecular weight is 280 g/mol. The van der Waals surface area contributed by atoms with Gasteiger partial charge in [0.15, 0.2) is 6.29 Å². The van der Waals surface area contributed by atoms with E-state index in [1.54, 1.807) is 14.2 Å². The van der Waals surface area contributed by atoms with E-state index in [0.29, 0.717) is 6.54 Å². The van der Waals surface area contributed by atoms with E-state index < -0.39 is 0 Å². The highest BCUT2D eigenvalue weighted by Crippen LogP contribution is 2.24. The SMILES string of the molecule is CCN(Cc1ccccc1)C(C)(CN)CC(OC)OC. The van der Waals surface area contributed by atoms with Gasteiger partial charge in [0, 0.05) is 39.3 Å². The molecule has 4 nitrogen and oxygen atoms in total. The number of hydrogen-bond donors (Lipinski definition) is 1. The Morgan fingerprint density at radius 2 is 1.80 bits per heavy atom. The van der Waals surface area contributed by atoms with Crippen molar-refractivity contribution in [2.75, 3.05) is 27.3 Å². The van der Waals surface area contributed by atoms with Gasteiger partial charge in [0.25, 0.3) is 0 Å². The summed E-state index contributed by atoms with van der Waals surface area (Å²) in [7, 11) is 3.33. The molecule has 1 aromatic carbocycles. The number of methoxy groups -OCH3 is 2. The first-order chi connectivity index (χ1) is 9.59. The zero-order chi connectivity index (χ0) is 15.0. The van der Waals surface area contributed by atoms with Crippen LogP contribution < -0.4 is 5.73 Å². The lowest BCUT2D eigenvalue weighted by Crippen LogP contribution is -2.53. The van der Waals surface area contributed by atoms with Crippen LogP contribution in [0.3, 0.4) is 0 Å². The molecule has 20 heavy (non-hydrogen) atoms. The zero-order valence-corrected chi connectivity index (χ0v) is 13.1. The molecule has 0 fully saturated rings. The van der Waals surface area contributed by atoms with E-state index in [1.807, 2.05) is 6.07 Å². The molecule has 1 unspecified atom stereocenters. The van der Waals surface area contributed by atoms with E-state index in [-0.39, 0.29) is 11.8 Å². The Kier molecular flexibility index (Phi) is 7.16. The highest BCUT2D eigenvalue weighted by molar-refractivity contribution is 5.15. The fourth-order valence-electron chi connectivity index (χ4n) is 2.45. The van der Waals surface area contributed by atoms with E-state index in [1.165, 1.54) is 5.56 Å². The molecule has 1 aromatic rings. The van der Waals surface area contributed by atoms with Gasteiger partial charge in [-0.3, -0.25) is 4.90 Å². The number of likely N-dealkylation sites (N-methyl/N-ethyl adjacent to an activating group) is 1. The van der Waals surface area contributed by atoms with Crippen LogP contribution in [0.4, 0.5) is 0 Å². The molecule has 0 aliphatic rings. The summed E-state index contributed by atoms with van der Waals surface area (Å²) in [4.78, 5) is 2.38. The quantitative estimate of drug-likeness (QED) is 0.705. The van der Waals surface area contributed by atoms with Crippen LogP contribution in [0.1, 0.15) is 25.8 Å². The molecule has 0 saturated heterocycles. The van der Waals surface area contributed by atoms with Gasteiger partial charge in [0.05, 0.1) is 0 Å². The van der Waals surface area contributed by atoms with Gasteiger partial charge in [-0.2, -0.15) is 0 Å². The Labute approximate surface area is 122 Å². The molecule has 0 radical (unpaired) electrons. The Morgan fingerprint density at radius 1 is 1.20 bits per heavy atom. The Balaban J connectivity index is 2.82. The number of hydrogen-bond acceptors (Lipinski definition) is 4. The fraction of sp³-hybridized carbons (Fsp3) is 0.625. The van der Waals surface area contributed by atoms with Crippen molar-refractivity contribution in [3.63, 3.8) is 0 Å². The maximum atomic E-state index is 6.04. The van der Waals surface area contributed by atoms with Crippen LogP contribution in [-0.2, 0) is 16.0 Å². The molecule has 2 N–H and O–H groups in total. The summed E-state index contributed by atoms with van der Waals surface area (Å²) in [5, 5.41) is 0. The van der Waals surface area contributed by atoms with E-state index in [4.69, 9.17) is 15.2 Å². The lowest BCUT2D eigenvalue weighted by atomic mass is 9.94. The third kappa shape index (κ3) is 4.56. The molecule has 1 rings (SSSR count). The van der Waals surface area contributed by atoms with Crippen molar-refractivity contribution in [1.82, 2.24) is 4.90 Å². The summed E-state index contributed by atoms with van der Waals surface area (Å²) in [6.45, 7) is 6.71. The van der Waals surface area contributed by atoms with E-state index in [0.717, 1.165) is 19.5 Å². The maximum Gasteiger partial charge on any atom is 0.158 e. The zero-order valence-electron chi connectivity index (χ0n) is 13.1. The van der Waals surface area contributed by atoms with Gasteiger partial charge in [-0.05, 0) is 19.0 Å². The number of nitrogens with zero attached hydrogens (tertiary/aromatic N) is 1. The van der Waals surface area contributed by atoms with Crippen molar-refractivity contribution in [2.24, 2.45) is 5.73 Å². The van der Waals surface area contributed by atoms with E-state index in [9.17, 15) is 0 Å². The normalized spacial score (nSPS) is 14.8. The number of benzene rings is 1. The molecule has 4 heteroatoms. The third-order valence-corrected chi connectivity index (χ3v) is 3.93. The van der Waals surface area contributed by atoms with Crippen LogP contribution in [0.25, 0.3) is 0 Å². The second-order valence-electron chi connectivity index (χ2n) is 5.31. The molecule has 0 amide bonds. The Hall–Kier alpha value is -0.940. The number of rotatable bonds is 9. The van der Waals surface area contributed by atoms with Gasteiger partial charge in [0.2, 0.25) is 0 Å². The first-order valence-electron chi connectivity index (χ1n) is 7.14. The highest BCUT2D eigenvalue weighted by Gasteiger charge is 2.32. The fourth-order valence-corrected chi connectivity index (χ4v) is 2.45. The Bertz CT molecular complexity index is 368. The molecule has 0 aliphatic carbocycles. The van der Waals surface area contributed by atoms with Crippen LogP contribution in [-0.4, -0.2) is 44.0 Å². The van der Waals surface area contributed by atoms with Crippen LogP contribution in [0.5, 0.6) is 0 Å². The molecule has 0 aliphatic heterocycles.